The van der Waals surface area contributed by atoms with E-state index in [1.54, 1.807) is 6.92 Å². The van der Waals surface area contributed by atoms with Crippen molar-refractivity contribution >= 4 is 11.6 Å². The fraction of sp³-hybridized carbons (Fsp3) is 0.500. The van der Waals surface area contributed by atoms with Gasteiger partial charge in [0.05, 0.1) is 17.9 Å². The predicted octanol–water partition coefficient (Wildman–Crippen LogP) is 3.92. The molecule has 6 heteroatoms. The molecule has 1 aliphatic heterocycles. The number of amides is 1. The highest BCUT2D eigenvalue weighted by atomic mass is 19.1. The summed E-state index contributed by atoms with van der Waals surface area (Å²) in [5.41, 5.74) is 3.76. The monoisotopic (exact) mass is 357 g/mol. The predicted molar refractivity (Wildman–Crippen MR) is 98.3 cm³/mol. The van der Waals surface area contributed by atoms with Crippen LogP contribution in [0.1, 0.15) is 44.7 Å². The van der Waals surface area contributed by atoms with Crippen LogP contribution in [0.2, 0.25) is 0 Å². The number of ether oxygens (including phenoxy) is 1. The number of fused-ring (bicyclic) bond motifs is 1. The number of benzene rings is 1. The molecule has 2 aromatic rings. The van der Waals surface area contributed by atoms with E-state index in [0.29, 0.717) is 11.8 Å². The van der Waals surface area contributed by atoms with Crippen LogP contribution in [-0.2, 0) is 11.2 Å². The lowest BCUT2D eigenvalue weighted by Crippen LogP contribution is -2.40. The van der Waals surface area contributed by atoms with E-state index in [4.69, 9.17) is 4.74 Å². The lowest BCUT2D eigenvalue weighted by atomic mass is 9.92. The molecule has 26 heavy (non-hydrogen) atoms. The minimum absolute atomic E-state index is 0.00976. The van der Waals surface area contributed by atoms with Crippen LogP contribution in [0.25, 0.3) is 11.1 Å². The molecule has 1 saturated carbocycles. The molecule has 0 saturated heterocycles. The van der Waals surface area contributed by atoms with Crippen LogP contribution in [-0.4, -0.2) is 35.0 Å². The molecule has 0 spiro atoms. The maximum atomic E-state index is 12.8. The Morgan fingerprint density at radius 1 is 1.35 bits per heavy atom. The molecule has 0 unspecified atom stereocenters. The zero-order chi connectivity index (χ0) is 18.3. The molecule has 1 aromatic carbocycles. The van der Waals surface area contributed by atoms with Gasteiger partial charge in [-0.15, -0.1) is 0 Å². The molecule has 0 bridgehead atoms. The number of hydrogen-bond donors (Lipinski definition) is 0. The first-order valence-corrected chi connectivity index (χ1v) is 9.29. The number of aromatic nitrogens is 2. The average molecular weight is 357 g/mol. The minimum Gasteiger partial charge on any atom is -0.490 e. The molecular formula is C20H24FN3O2. The zero-order valence-electron chi connectivity index (χ0n) is 15.2. The van der Waals surface area contributed by atoms with Gasteiger partial charge in [-0.25, -0.2) is 4.39 Å². The molecule has 1 aliphatic carbocycles. The van der Waals surface area contributed by atoms with Crippen LogP contribution in [0.3, 0.4) is 0 Å². The van der Waals surface area contributed by atoms with E-state index in [9.17, 15) is 9.18 Å². The first kappa shape index (κ1) is 17.1. The zero-order valence-corrected chi connectivity index (χ0v) is 15.2. The maximum Gasteiger partial charge on any atom is 0.224 e. The summed E-state index contributed by atoms with van der Waals surface area (Å²) in [6, 6.07) is 4.61. The van der Waals surface area contributed by atoms with E-state index < -0.39 is 6.67 Å². The van der Waals surface area contributed by atoms with E-state index in [-0.39, 0.29) is 18.6 Å². The van der Waals surface area contributed by atoms with Gasteiger partial charge in [-0.1, -0.05) is 0 Å². The normalized spacial score (nSPS) is 19.3. The maximum absolute atomic E-state index is 12.8. The topological polar surface area (TPSA) is 47.4 Å². The third kappa shape index (κ3) is 2.97. The quantitative estimate of drug-likeness (QED) is 0.815. The summed E-state index contributed by atoms with van der Waals surface area (Å²) in [5, 5.41) is 4.47. The van der Waals surface area contributed by atoms with Gasteiger partial charge in [0, 0.05) is 35.9 Å². The van der Waals surface area contributed by atoms with Crippen molar-refractivity contribution in [1.29, 1.82) is 0 Å². The van der Waals surface area contributed by atoms with Gasteiger partial charge in [0.25, 0.3) is 0 Å². The molecule has 1 amide bonds. The lowest BCUT2D eigenvalue weighted by Gasteiger charge is -2.36. The molecule has 4 rings (SSSR count). The van der Waals surface area contributed by atoms with Crippen LogP contribution in [0.15, 0.2) is 24.5 Å². The van der Waals surface area contributed by atoms with Gasteiger partial charge in [-0.05, 0) is 44.7 Å². The molecule has 1 atom stereocenters. The highest BCUT2D eigenvalue weighted by Gasteiger charge is 2.30. The van der Waals surface area contributed by atoms with Gasteiger partial charge in [-0.2, -0.15) is 5.10 Å². The second-order valence-electron chi connectivity index (χ2n) is 7.19. The van der Waals surface area contributed by atoms with Crippen molar-refractivity contribution in [3.8, 4) is 16.9 Å². The van der Waals surface area contributed by atoms with Crippen LogP contribution < -0.4 is 9.64 Å². The van der Waals surface area contributed by atoms with Crippen molar-refractivity contribution in [2.75, 3.05) is 18.2 Å². The molecule has 5 nitrogen and oxygen atoms in total. The molecule has 2 heterocycles. The second-order valence-corrected chi connectivity index (χ2v) is 7.19. The Kier molecular flexibility index (Phi) is 4.42. The fourth-order valence-corrected chi connectivity index (χ4v) is 3.83. The largest absolute Gasteiger partial charge is 0.490 e. The van der Waals surface area contributed by atoms with Crippen LogP contribution >= 0.6 is 0 Å². The number of carbonyl (C=O) groups excluding carboxylic acids is 1. The first-order chi connectivity index (χ1) is 12.6. The van der Waals surface area contributed by atoms with Crippen molar-refractivity contribution in [3.63, 3.8) is 0 Å². The van der Waals surface area contributed by atoms with Gasteiger partial charge in [0.15, 0.2) is 0 Å². The summed E-state index contributed by atoms with van der Waals surface area (Å²) in [4.78, 5) is 14.0. The van der Waals surface area contributed by atoms with Crippen LogP contribution in [0, 0.1) is 0 Å². The molecule has 0 radical (unpaired) electrons. The number of halogens is 1. The summed E-state index contributed by atoms with van der Waals surface area (Å²) >= 11 is 0. The number of alkyl halides is 1. The summed E-state index contributed by atoms with van der Waals surface area (Å²) < 4.78 is 20.7. The van der Waals surface area contributed by atoms with E-state index in [1.807, 2.05) is 34.1 Å². The van der Waals surface area contributed by atoms with E-state index >= 15 is 0 Å². The standard InChI is InChI=1S/C20H24FN3O2/c1-13-3-6-18-19(24(13)14(2)25)8-7-17(20(18)26-10-9-21)15-11-22-23(12-15)16-4-5-16/h7-8,11-13,16H,3-6,9-10H2,1-2H3/t13-/m0/s1. The van der Waals surface area contributed by atoms with Gasteiger partial charge < -0.3 is 9.64 Å². The Bertz CT molecular complexity index is 828. The lowest BCUT2D eigenvalue weighted by molar-refractivity contribution is -0.117. The van der Waals surface area contributed by atoms with Crippen molar-refractivity contribution in [1.82, 2.24) is 9.78 Å². The Hall–Kier alpha value is -2.37. The van der Waals surface area contributed by atoms with Crippen LogP contribution in [0.5, 0.6) is 5.75 Å². The van der Waals surface area contributed by atoms with Crippen LogP contribution in [0.4, 0.5) is 10.1 Å². The molecule has 138 valence electrons. The van der Waals surface area contributed by atoms with Crippen molar-refractivity contribution < 1.29 is 13.9 Å². The fourth-order valence-electron chi connectivity index (χ4n) is 3.83. The minimum atomic E-state index is -0.544. The highest BCUT2D eigenvalue weighted by molar-refractivity contribution is 5.95. The number of carbonyl (C=O) groups is 1. The Balaban J connectivity index is 1.80. The SMILES string of the molecule is CC(=O)N1c2ccc(-c3cnn(C4CC4)c3)c(OCCF)c2CC[C@@H]1C. The third-order valence-corrected chi connectivity index (χ3v) is 5.24. The molecule has 1 aromatic heterocycles. The highest BCUT2D eigenvalue weighted by Crippen LogP contribution is 2.43. The summed E-state index contributed by atoms with van der Waals surface area (Å²) in [7, 11) is 0. The Labute approximate surface area is 152 Å². The second kappa shape index (κ2) is 6.74. The van der Waals surface area contributed by atoms with Gasteiger partial charge in [0.1, 0.15) is 19.0 Å². The van der Waals surface area contributed by atoms with Crippen molar-refractivity contribution in [2.45, 2.75) is 51.6 Å². The smallest absolute Gasteiger partial charge is 0.224 e. The molecule has 0 N–H and O–H groups in total. The van der Waals surface area contributed by atoms with E-state index in [2.05, 4.69) is 12.0 Å². The number of rotatable bonds is 5. The van der Waals surface area contributed by atoms with Crippen molar-refractivity contribution in [2.24, 2.45) is 0 Å². The third-order valence-electron chi connectivity index (χ3n) is 5.24. The number of nitrogens with zero attached hydrogens (tertiary/aromatic N) is 3. The molecule has 2 aliphatic rings. The Morgan fingerprint density at radius 3 is 2.85 bits per heavy atom. The molecule has 1 fully saturated rings. The molecular weight excluding hydrogens is 333 g/mol. The van der Waals surface area contributed by atoms with Gasteiger partial charge in [0.2, 0.25) is 5.91 Å². The van der Waals surface area contributed by atoms with Crippen molar-refractivity contribution in [3.05, 3.63) is 30.1 Å². The average Bonchev–Trinajstić information content (AvgIpc) is 3.36. The van der Waals surface area contributed by atoms with Gasteiger partial charge in [-0.3, -0.25) is 9.48 Å². The van der Waals surface area contributed by atoms with Gasteiger partial charge >= 0.3 is 0 Å². The van der Waals surface area contributed by atoms with E-state index in [0.717, 1.165) is 35.2 Å². The Morgan fingerprint density at radius 2 is 2.15 bits per heavy atom. The summed E-state index contributed by atoms with van der Waals surface area (Å²) in [5.74, 6) is 0.706. The summed E-state index contributed by atoms with van der Waals surface area (Å²) in [6.45, 7) is 3.11. The number of anilines is 1. The first-order valence-electron chi connectivity index (χ1n) is 9.29. The summed E-state index contributed by atoms with van der Waals surface area (Å²) in [6.07, 6.45) is 7.90. The van der Waals surface area contributed by atoms with E-state index in [1.165, 1.54) is 12.8 Å². The number of hydrogen-bond acceptors (Lipinski definition) is 3.